The van der Waals surface area contributed by atoms with Crippen LogP contribution in [0.1, 0.15) is 25.3 Å². The molecule has 0 bridgehead atoms. The van der Waals surface area contributed by atoms with Gasteiger partial charge in [0.25, 0.3) is 0 Å². The summed E-state index contributed by atoms with van der Waals surface area (Å²) in [4.78, 5) is 0. The molecule has 0 unspecified atom stereocenters. The van der Waals surface area contributed by atoms with Crippen molar-refractivity contribution in [2.75, 3.05) is 12.4 Å². The fourth-order valence-corrected chi connectivity index (χ4v) is 1.45. The predicted octanol–water partition coefficient (Wildman–Crippen LogP) is 2.90. The van der Waals surface area contributed by atoms with Crippen LogP contribution in [0.2, 0.25) is 0 Å². The summed E-state index contributed by atoms with van der Waals surface area (Å²) < 4.78 is 5.39. The zero-order valence-corrected chi connectivity index (χ0v) is 9.69. The summed E-state index contributed by atoms with van der Waals surface area (Å²) in [6.45, 7) is 4.33. The lowest BCUT2D eigenvalue weighted by Crippen LogP contribution is -1.86. The quantitative estimate of drug-likeness (QED) is 0.858. The van der Waals surface area contributed by atoms with Crippen molar-refractivity contribution in [2.45, 2.75) is 19.8 Å². The van der Waals surface area contributed by atoms with E-state index in [-0.39, 0.29) is 0 Å². The molecule has 1 aromatic carbocycles. The van der Waals surface area contributed by atoms with Crippen LogP contribution in [0.4, 0.5) is 6.01 Å². The van der Waals surface area contributed by atoms with Crippen molar-refractivity contribution in [1.82, 2.24) is 10.2 Å². The molecular weight excluding hydrogens is 202 g/mol. The molecule has 1 aromatic heterocycles. The predicted molar refractivity (Wildman–Crippen MR) is 63.4 cm³/mol. The number of aromatic nitrogens is 2. The second-order valence-corrected chi connectivity index (χ2v) is 3.94. The molecule has 0 saturated carbocycles. The average Bonchev–Trinajstić information content (AvgIpc) is 2.77. The Kier molecular flexibility index (Phi) is 2.90. The topological polar surface area (TPSA) is 51.0 Å². The normalized spacial score (nSPS) is 10.8. The zero-order valence-electron chi connectivity index (χ0n) is 9.69. The molecule has 2 rings (SSSR count). The molecule has 4 nitrogen and oxygen atoms in total. The minimum Gasteiger partial charge on any atom is -0.403 e. The number of rotatable bonds is 3. The van der Waals surface area contributed by atoms with Crippen molar-refractivity contribution in [2.24, 2.45) is 0 Å². The number of benzene rings is 1. The molecule has 0 amide bonds. The fraction of sp³-hybridized carbons (Fsp3) is 0.333. The SMILES string of the molecule is CNc1nnc(-c2ccc(C(C)C)cc2)o1. The third-order valence-corrected chi connectivity index (χ3v) is 2.46. The summed E-state index contributed by atoms with van der Waals surface area (Å²) in [5.41, 5.74) is 2.25. The first-order valence-electron chi connectivity index (χ1n) is 5.32. The lowest BCUT2D eigenvalue weighted by atomic mass is 10.0. The minimum atomic E-state index is 0.433. The van der Waals surface area contributed by atoms with E-state index in [4.69, 9.17) is 4.42 Å². The van der Waals surface area contributed by atoms with Crippen molar-refractivity contribution in [3.05, 3.63) is 29.8 Å². The molecule has 0 saturated heterocycles. The van der Waals surface area contributed by atoms with Gasteiger partial charge < -0.3 is 9.73 Å². The van der Waals surface area contributed by atoms with Crippen LogP contribution in [0, 0.1) is 0 Å². The highest BCUT2D eigenvalue weighted by Gasteiger charge is 2.07. The van der Waals surface area contributed by atoms with E-state index in [2.05, 4.69) is 41.5 Å². The van der Waals surface area contributed by atoms with Gasteiger partial charge in [-0.1, -0.05) is 31.1 Å². The van der Waals surface area contributed by atoms with Gasteiger partial charge in [0.2, 0.25) is 5.89 Å². The van der Waals surface area contributed by atoms with Gasteiger partial charge in [-0.2, -0.15) is 0 Å². The van der Waals surface area contributed by atoms with Crippen LogP contribution in [0.5, 0.6) is 0 Å². The number of nitrogens with zero attached hydrogens (tertiary/aromatic N) is 2. The largest absolute Gasteiger partial charge is 0.403 e. The van der Waals surface area contributed by atoms with Crippen molar-refractivity contribution in [1.29, 1.82) is 0 Å². The van der Waals surface area contributed by atoms with Gasteiger partial charge in [0.05, 0.1) is 0 Å². The highest BCUT2D eigenvalue weighted by molar-refractivity contribution is 5.54. The van der Waals surface area contributed by atoms with Crippen molar-refractivity contribution >= 4 is 6.01 Å². The van der Waals surface area contributed by atoms with Crippen LogP contribution in [0.25, 0.3) is 11.5 Å². The third-order valence-electron chi connectivity index (χ3n) is 2.46. The molecule has 4 heteroatoms. The summed E-state index contributed by atoms with van der Waals surface area (Å²) in [6.07, 6.45) is 0. The first kappa shape index (κ1) is 10.7. The number of hydrogen-bond acceptors (Lipinski definition) is 4. The Morgan fingerprint density at radius 2 is 1.81 bits per heavy atom. The van der Waals surface area contributed by atoms with Crippen LogP contribution in [0.15, 0.2) is 28.7 Å². The second-order valence-electron chi connectivity index (χ2n) is 3.94. The molecule has 0 aliphatic rings. The fourth-order valence-electron chi connectivity index (χ4n) is 1.45. The van der Waals surface area contributed by atoms with Crippen molar-refractivity contribution < 1.29 is 4.42 Å². The van der Waals surface area contributed by atoms with E-state index in [1.807, 2.05) is 12.1 Å². The first-order chi connectivity index (χ1) is 7.70. The number of nitrogens with one attached hydrogen (secondary N) is 1. The van der Waals surface area contributed by atoms with Gasteiger partial charge in [-0.25, -0.2) is 0 Å². The smallest absolute Gasteiger partial charge is 0.315 e. The van der Waals surface area contributed by atoms with Gasteiger partial charge >= 0.3 is 6.01 Å². The van der Waals surface area contributed by atoms with Crippen molar-refractivity contribution in [3.63, 3.8) is 0 Å². The standard InChI is InChI=1S/C12H15N3O/c1-8(2)9-4-6-10(7-5-9)11-14-15-12(13-3)16-11/h4-8H,1-3H3,(H,13,15). The molecule has 1 N–H and O–H groups in total. The Hall–Kier alpha value is -1.84. The van der Waals surface area contributed by atoms with Crippen LogP contribution < -0.4 is 5.32 Å². The van der Waals surface area contributed by atoms with Gasteiger partial charge in [0.15, 0.2) is 0 Å². The molecule has 0 spiro atoms. The summed E-state index contributed by atoms with van der Waals surface area (Å²) in [6, 6.07) is 8.61. The highest BCUT2D eigenvalue weighted by Crippen LogP contribution is 2.22. The third kappa shape index (κ3) is 2.05. The van der Waals surface area contributed by atoms with E-state index in [1.54, 1.807) is 7.05 Å². The summed E-state index contributed by atoms with van der Waals surface area (Å²) in [7, 11) is 1.75. The Labute approximate surface area is 94.7 Å². The zero-order chi connectivity index (χ0) is 11.5. The molecule has 1 heterocycles. The molecule has 0 radical (unpaired) electrons. The van der Waals surface area contributed by atoms with E-state index >= 15 is 0 Å². The molecular formula is C12H15N3O. The van der Waals surface area contributed by atoms with E-state index in [9.17, 15) is 0 Å². The van der Waals surface area contributed by atoms with Gasteiger partial charge in [-0.3, -0.25) is 0 Å². The second kappa shape index (κ2) is 4.35. The number of anilines is 1. The van der Waals surface area contributed by atoms with E-state index in [1.165, 1.54) is 5.56 Å². The van der Waals surface area contributed by atoms with Gasteiger partial charge in [0, 0.05) is 12.6 Å². The lowest BCUT2D eigenvalue weighted by molar-refractivity contribution is 0.585. The minimum absolute atomic E-state index is 0.433. The van der Waals surface area contributed by atoms with Crippen LogP contribution in [0.3, 0.4) is 0 Å². The molecule has 0 aliphatic heterocycles. The molecule has 0 aliphatic carbocycles. The molecule has 0 fully saturated rings. The van der Waals surface area contributed by atoms with Crippen LogP contribution >= 0.6 is 0 Å². The van der Waals surface area contributed by atoms with Gasteiger partial charge in [-0.15, -0.1) is 5.10 Å². The van der Waals surface area contributed by atoms with E-state index < -0.39 is 0 Å². The lowest BCUT2D eigenvalue weighted by Gasteiger charge is -2.04. The highest BCUT2D eigenvalue weighted by atomic mass is 16.4. The van der Waals surface area contributed by atoms with Crippen LogP contribution in [-0.4, -0.2) is 17.2 Å². The monoisotopic (exact) mass is 217 g/mol. The summed E-state index contributed by atoms with van der Waals surface area (Å²) in [5, 5.41) is 10.6. The number of hydrogen-bond donors (Lipinski definition) is 1. The van der Waals surface area contributed by atoms with E-state index in [0.717, 1.165) is 5.56 Å². The maximum atomic E-state index is 5.39. The molecule has 0 atom stereocenters. The Morgan fingerprint density at radius 1 is 1.12 bits per heavy atom. The Bertz CT molecular complexity index is 459. The average molecular weight is 217 g/mol. The van der Waals surface area contributed by atoms with Crippen molar-refractivity contribution in [3.8, 4) is 11.5 Å². The van der Waals surface area contributed by atoms with Gasteiger partial charge in [0.1, 0.15) is 0 Å². The van der Waals surface area contributed by atoms with E-state index in [0.29, 0.717) is 17.8 Å². The van der Waals surface area contributed by atoms with Gasteiger partial charge in [-0.05, 0) is 23.6 Å². The summed E-state index contributed by atoms with van der Waals surface area (Å²) in [5.74, 6) is 1.07. The molecule has 2 aromatic rings. The summed E-state index contributed by atoms with van der Waals surface area (Å²) >= 11 is 0. The first-order valence-corrected chi connectivity index (χ1v) is 5.32. The maximum Gasteiger partial charge on any atom is 0.315 e. The maximum absolute atomic E-state index is 5.39. The Balaban J connectivity index is 2.27. The Morgan fingerprint density at radius 3 is 2.31 bits per heavy atom. The molecule has 84 valence electrons. The van der Waals surface area contributed by atoms with Crippen LogP contribution in [-0.2, 0) is 0 Å². The molecule has 16 heavy (non-hydrogen) atoms.